The SMILES string of the molecule is NC(=O)[C@H]1CC[C@H](n2c(Nc3ccc(C(F)(F)F)cc3Cl)nc3cnc(NC4CCOCC4)nc32)CC1. The van der Waals surface area contributed by atoms with Crippen LogP contribution in [0.2, 0.25) is 5.02 Å². The predicted octanol–water partition coefficient (Wildman–Crippen LogP) is 5.05. The summed E-state index contributed by atoms with van der Waals surface area (Å²) in [7, 11) is 0. The summed E-state index contributed by atoms with van der Waals surface area (Å²) >= 11 is 6.21. The van der Waals surface area contributed by atoms with Crippen molar-refractivity contribution in [3.8, 4) is 0 Å². The second-order valence-corrected chi connectivity index (χ2v) is 9.87. The van der Waals surface area contributed by atoms with E-state index in [1.165, 1.54) is 6.07 Å². The predicted molar refractivity (Wildman–Crippen MR) is 133 cm³/mol. The molecule has 2 aromatic heterocycles. The number of nitrogens with one attached hydrogen (secondary N) is 2. The molecule has 1 saturated heterocycles. The van der Waals surface area contributed by atoms with Crippen molar-refractivity contribution in [3.63, 3.8) is 0 Å². The number of nitrogens with two attached hydrogens (primary N) is 1. The van der Waals surface area contributed by atoms with Crippen LogP contribution in [0.15, 0.2) is 24.4 Å². The monoisotopic (exact) mass is 537 g/mol. The largest absolute Gasteiger partial charge is 0.416 e. The summed E-state index contributed by atoms with van der Waals surface area (Å²) in [4.78, 5) is 25.5. The summed E-state index contributed by atoms with van der Waals surface area (Å²) in [5.41, 5.74) is 6.07. The third-order valence-electron chi connectivity index (χ3n) is 6.99. The van der Waals surface area contributed by atoms with Crippen LogP contribution >= 0.6 is 11.6 Å². The zero-order chi connectivity index (χ0) is 26.2. The zero-order valence-corrected chi connectivity index (χ0v) is 20.6. The fourth-order valence-corrected chi connectivity index (χ4v) is 5.18. The molecule has 13 heteroatoms. The van der Waals surface area contributed by atoms with Crippen molar-refractivity contribution >= 4 is 46.3 Å². The number of hydrogen-bond acceptors (Lipinski definition) is 7. The Labute approximate surface area is 215 Å². The number of primary amides is 1. The average Bonchev–Trinajstić information content (AvgIpc) is 3.22. The molecule has 0 unspecified atom stereocenters. The second kappa shape index (κ2) is 10.3. The number of imidazole rings is 1. The molecule has 37 heavy (non-hydrogen) atoms. The van der Waals surface area contributed by atoms with Crippen molar-refractivity contribution in [1.82, 2.24) is 19.5 Å². The molecular formula is C24H27ClF3N7O2. The number of carbonyl (C=O) groups excluding carboxylic acids is 1. The van der Waals surface area contributed by atoms with Crippen LogP contribution in [0.4, 0.5) is 30.8 Å². The third kappa shape index (κ3) is 5.59. The first kappa shape index (κ1) is 25.5. The number of benzene rings is 1. The van der Waals surface area contributed by atoms with Gasteiger partial charge < -0.3 is 21.1 Å². The van der Waals surface area contributed by atoms with Crippen LogP contribution in [-0.4, -0.2) is 44.7 Å². The van der Waals surface area contributed by atoms with E-state index in [1.54, 1.807) is 6.20 Å². The molecule has 1 aliphatic heterocycles. The number of alkyl halides is 3. The average molecular weight is 538 g/mol. The van der Waals surface area contributed by atoms with E-state index in [2.05, 4.69) is 20.6 Å². The van der Waals surface area contributed by atoms with Crippen LogP contribution in [0, 0.1) is 5.92 Å². The molecule has 9 nitrogen and oxygen atoms in total. The molecule has 198 valence electrons. The lowest BCUT2D eigenvalue weighted by molar-refractivity contribution is -0.137. The molecule has 1 aromatic carbocycles. The number of nitrogens with zero attached hydrogens (tertiary/aromatic N) is 4. The molecule has 3 heterocycles. The molecule has 2 fully saturated rings. The van der Waals surface area contributed by atoms with Gasteiger partial charge in [-0.3, -0.25) is 9.36 Å². The highest BCUT2D eigenvalue weighted by molar-refractivity contribution is 6.33. The van der Waals surface area contributed by atoms with Gasteiger partial charge in [0.25, 0.3) is 0 Å². The highest BCUT2D eigenvalue weighted by Gasteiger charge is 2.32. The summed E-state index contributed by atoms with van der Waals surface area (Å²) < 4.78 is 46.7. The standard InChI is InChI=1S/C24H27ClF3N7O2/c25-17-11-14(24(26,27)28)3-6-18(17)32-23-33-19-12-30-22(31-15-7-9-37-10-8-15)34-21(19)35(23)16-4-1-13(2-5-16)20(29)36/h3,6,11-13,15-16H,1-2,4-5,7-10H2,(H2,29,36)(H,32,33)(H,30,31,34)/t13-,16-. The smallest absolute Gasteiger partial charge is 0.381 e. The Hall–Kier alpha value is -3.12. The van der Waals surface area contributed by atoms with E-state index in [0.29, 0.717) is 62.0 Å². The summed E-state index contributed by atoms with van der Waals surface area (Å²) in [6.07, 6.45) is 1.39. The highest BCUT2D eigenvalue weighted by Crippen LogP contribution is 2.39. The van der Waals surface area contributed by atoms with Gasteiger partial charge in [0, 0.05) is 31.2 Å². The number of rotatable bonds is 6. The van der Waals surface area contributed by atoms with Crippen molar-refractivity contribution in [2.24, 2.45) is 11.7 Å². The molecule has 5 rings (SSSR count). The number of aromatic nitrogens is 4. The first-order valence-corrected chi connectivity index (χ1v) is 12.6. The second-order valence-electron chi connectivity index (χ2n) is 9.46. The molecule has 0 spiro atoms. The van der Waals surface area contributed by atoms with Gasteiger partial charge in [-0.15, -0.1) is 0 Å². The van der Waals surface area contributed by atoms with Crippen molar-refractivity contribution in [2.45, 2.75) is 56.8 Å². The van der Waals surface area contributed by atoms with Gasteiger partial charge >= 0.3 is 6.18 Å². The molecule has 3 aromatic rings. The lowest BCUT2D eigenvalue weighted by Gasteiger charge is -2.29. The van der Waals surface area contributed by atoms with Gasteiger partial charge in [-0.25, -0.2) is 9.97 Å². The number of amides is 1. The number of halogens is 4. The lowest BCUT2D eigenvalue weighted by atomic mass is 9.85. The Morgan fingerprint density at radius 1 is 1.11 bits per heavy atom. The van der Waals surface area contributed by atoms with Crippen molar-refractivity contribution in [2.75, 3.05) is 23.8 Å². The van der Waals surface area contributed by atoms with Gasteiger partial charge in [0.2, 0.25) is 17.8 Å². The normalized spacial score (nSPS) is 21.2. The van der Waals surface area contributed by atoms with Crippen LogP contribution < -0.4 is 16.4 Å². The topological polar surface area (TPSA) is 120 Å². The van der Waals surface area contributed by atoms with Gasteiger partial charge in [0.05, 0.1) is 22.5 Å². The Kier molecular flexibility index (Phi) is 7.13. The number of ether oxygens (including phenoxy) is 1. The first-order valence-electron chi connectivity index (χ1n) is 12.2. The zero-order valence-electron chi connectivity index (χ0n) is 19.9. The van der Waals surface area contributed by atoms with E-state index in [0.717, 1.165) is 25.0 Å². The Balaban J connectivity index is 1.49. The minimum Gasteiger partial charge on any atom is -0.381 e. The molecular weight excluding hydrogens is 511 g/mol. The van der Waals surface area contributed by atoms with E-state index < -0.39 is 11.7 Å². The molecule has 0 radical (unpaired) electrons. The highest BCUT2D eigenvalue weighted by atomic mass is 35.5. The summed E-state index contributed by atoms with van der Waals surface area (Å²) in [6, 6.07) is 3.27. The fourth-order valence-electron chi connectivity index (χ4n) is 4.95. The summed E-state index contributed by atoms with van der Waals surface area (Å²) in [5, 5.41) is 6.37. The van der Waals surface area contributed by atoms with E-state index in [1.807, 2.05) is 4.57 Å². The molecule has 0 atom stereocenters. The molecule has 1 amide bonds. The van der Waals surface area contributed by atoms with E-state index in [4.69, 9.17) is 27.1 Å². The fraction of sp³-hybridized carbons (Fsp3) is 0.500. The maximum atomic E-state index is 13.1. The van der Waals surface area contributed by atoms with E-state index in [9.17, 15) is 18.0 Å². The maximum Gasteiger partial charge on any atom is 0.416 e. The minimum absolute atomic E-state index is 0.0536. The van der Waals surface area contributed by atoms with Gasteiger partial charge in [0.1, 0.15) is 5.52 Å². The Bertz CT molecular complexity index is 1290. The maximum absolute atomic E-state index is 13.1. The van der Waals surface area contributed by atoms with Gasteiger partial charge in [-0.2, -0.15) is 18.2 Å². The molecule has 0 bridgehead atoms. The van der Waals surface area contributed by atoms with E-state index in [-0.39, 0.29) is 34.6 Å². The van der Waals surface area contributed by atoms with E-state index >= 15 is 0 Å². The quantitative estimate of drug-likeness (QED) is 0.402. The van der Waals surface area contributed by atoms with Crippen molar-refractivity contribution in [3.05, 3.63) is 35.0 Å². The Morgan fingerprint density at radius 3 is 2.49 bits per heavy atom. The van der Waals surface area contributed by atoms with Gasteiger partial charge in [0.15, 0.2) is 5.65 Å². The summed E-state index contributed by atoms with van der Waals surface area (Å²) in [6.45, 7) is 1.34. The van der Waals surface area contributed by atoms with Crippen LogP contribution in [0.1, 0.15) is 50.1 Å². The van der Waals surface area contributed by atoms with Gasteiger partial charge in [-0.1, -0.05) is 11.6 Å². The minimum atomic E-state index is -4.50. The van der Waals surface area contributed by atoms with Crippen LogP contribution in [-0.2, 0) is 15.7 Å². The number of anilines is 3. The van der Waals surface area contributed by atoms with Crippen LogP contribution in [0.25, 0.3) is 11.2 Å². The summed E-state index contributed by atoms with van der Waals surface area (Å²) in [5.74, 6) is 0.350. The number of fused-ring (bicyclic) bond motifs is 1. The Morgan fingerprint density at radius 2 is 1.84 bits per heavy atom. The lowest BCUT2D eigenvalue weighted by Crippen LogP contribution is -2.29. The van der Waals surface area contributed by atoms with Crippen LogP contribution in [0.3, 0.4) is 0 Å². The van der Waals surface area contributed by atoms with Gasteiger partial charge in [-0.05, 0) is 56.7 Å². The van der Waals surface area contributed by atoms with Crippen molar-refractivity contribution < 1.29 is 22.7 Å². The van der Waals surface area contributed by atoms with Crippen LogP contribution in [0.5, 0.6) is 0 Å². The number of carbonyl (C=O) groups is 1. The molecule has 1 aliphatic carbocycles. The molecule has 4 N–H and O–H groups in total. The number of hydrogen-bond donors (Lipinski definition) is 3. The van der Waals surface area contributed by atoms with Crippen molar-refractivity contribution in [1.29, 1.82) is 0 Å². The molecule has 1 saturated carbocycles. The first-order chi connectivity index (χ1) is 17.7. The molecule has 2 aliphatic rings. The third-order valence-corrected chi connectivity index (χ3v) is 7.31.